The average molecular weight is 282 g/mol. The van der Waals surface area contributed by atoms with Crippen molar-refractivity contribution < 1.29 is 14.0 Å². The van der Waals surface area contributed by atoms with Crippen LogP contribution in [0.3, 0.4) is 0 Å². The summed E-state index contributed by atoms with van der Waals surface area (Å²) in [5.41, 5.74) is -1.50. The van der Waals surface area contributed by atoms with Gasteiger partial charge in [0.2, 0.25) is 11.8 Å². The van der Waals surface area contributed by atoms with Gasteiger partial charge >= 0.3 is 0 Å². The van der Waals surface area contributed by atoms with E-state index in [0.29, 0.717) is 25.7 Å². The van der Waals surface area contributed by atoms with Crippen LogP contribution in [0.1, 0.15) is 57.8 Å². The summed E-state index contributed by atoms with van der Waals surface area (Å²) in [7, 11) is 0. The number of halogens is 1. The lowest BCUT2D eigenvalue weighted by atomic mass is 9.75. The molecule has 2 aliphatic carbocycles. The highest BCUT2D eigenvalue weighted by Gasteiger charge is 2.58. The molecule has 20 heavy (non-hydrogen) atoms. The standard InChI is InChI=1S/C15H23FN2O2/c16-10-11-18-13(20)14(6-4-5-7-14)17-12(19)15(18)8-2-1-3-9-15/h1-11H2,(H,17,19). The van der Waals surface area contributed by atoms with Crippen LogP contribution in [0, 0.1) is 0 Å². The zero-order valence-electron chi connectivity index (χ0n) is 11.9. The third-order valence-electron chi connectivity index (χ3n) is 5.39. The molecule has 0 unspecified atom stereocenters. The van der Waals surface area contributed by atoms with E-state index in [1.165, 1.54) is 0 Å². The molecule has 0 aromatic rings. The molecule has 1 aliphatic heterocycles. The molecule has 0 bridgehead atoms. The van der Waals surface area contributed by atoms with Gasteiger partial charge in [-0.05, 0) is 25.7 Å². The Morgan fingerprint density at radius 3 is 2.20 bits per heavy atom. The van der Waals surface area contributed by atoms with Gasteiger partial charge in [0.1, 0.15) is 17.8 Å². The van der Waals surface area contributed by atoms with E-state index in [4.69, 9.17) is 0 Å². The number of piperazine rings is 1. The Morgan fingerprint density at radius 1 is 1.00 bits per heavy atom. The van der Waals surface area contributed by atoms with Crippen molar-refractivity contribution in [3.8, 4) is 0 Å². The summed E-state index contributed by atoms with van der Waals surface area (Å²) < 4.78 is 13.0. The predicted molar refractivity (Wildman–Crippen MR) is 72.8 cm³/mol. The monoisotopic (exact) mass is 282 g/mol. The molecule has 0 aromatic carbocycles. The number of hydrogen-bond donors (Lipinski definition) is 1. The van der Waals surface area contributed by atoms with Crippen molar-refractivity contribution >= 4 is 11.8 Å². The van der Waals surface area contributed by atoms with Crippen LogP contribution in [0.5, 0.6) is 0 Å². The highest BCUT2D eigenvalue weighted by Crippen LogP contribution is 2.42. The van der Waals surface area contributed by atoms with Gasteiger partial charge in [-0.15, -0.1) is 0 Å². The Bertz CT molecular complexity index is 412. The third-order valence-corrected chi connectivity index (χ3v) is 5.39. The second kappa shape index (κ2) is 5.01. The number of amides is 2. The van der Waals surface area contributed by atoms with Crippen molar-refractivity contribution in [2.75, 3.05) is 13.2 Å². The molecule has 2 amide bonds. The van der Waals surface area contributed by atoms with Gasteiger partial charge in [0, 0.05) is 0 Å². The first-order chi connectivity index (χ1) is 9.65. The topological polar surface area (TPSA) is 49.4 Å². The Hall–Kier alpha value is -1.13. The fourth-order valence-corrected chi connectivity index (χ4v) is 4.31. The van der Waals surface area contributed by atoms with E-state index in [9.17, 15) is 14.0 Å². The highest BCUT2D eigenvalue weighted by molar-refractivity contribution is 6.02. The van der Waals surface area contributed by atoms with Gasteiger partial charge in [-0.2, -0.15) is 0 Å². The first-order valence-corrected chi connectivity index (χ1v) is 7.85. The molecule has 1 heterocycles. The van der Waals surface area contributed by atoms with Crippen LogP contribution in [-0.4, -0.2) is 41.0 Å². The van der Waals surface area contributed by atoms with Crippen LogP contribution in [0.15, 0.2) is 0 Å². The molecule has 0 aromatic heterocycles. The van der Waals surface area contributed by atoms with Gasteiger partial charge in [-0.1, -0.05) is 32.1 Å². The molecule has 1 saturated heterocycles. The minimum absolute atomic E-state index is 0.0332. The smallest absolute Gasteiger partial charge is 0.249 e. The summed E-state index contributed by atoms with van der Waals surface area (Å²) in [5, 5.41) is 3.04. The van der Waals surface area contributed by atoms with E-state index in [2.05, 4.69) is 5.32 Å². The van der Waals surface area contributed by atoms with Crippen molar-refractivity contribution in [1.29, 1.82) is 0 Å². The lowest BCUT2D eigenvalue weighted by Crippen LogP contribution is -2.75. The summed E-state index contributed by atoms with van der Waals surface area (Å²) in [4.78, 5) is 27.2. The normalized spacial score (nSPS) is 28.1. The van der Waals surface area contributed by atoms with Gasteiger partial charge in [0.05, 0.1) is 6.54 Å². The first-order valence-electron chi connectivity index (χ1n) is 7.85. The maximum absolute atomic E-state index is 13.0. The maximum atomic E-state index is 13.0. The number of alkyl halides is 1. The van der Waals surface area contributed by atoms with Gasteiger partial charge in [0.25, 0.3) is 0 Å². The SMILES string of the molecule is O=C1N(CCF)C2(CCCCC2)C(=O)NC12CCCC2. The molecular formula is C15H23FN2O2. The summed E-state index contributed by atoms with van der Waals surface area (Å²) in [5.74, 6) is -0.0682. The number of carbonyl (C=O) groups is 2. The zero-order chi connectivity index (χ0) is 14.2. The molecule has 5 heteroatoms. The second-order valence-corrected chi connectivity index (χ2v) is 6.48. The van der Waals surface area contributed by atoms with Crippen molar-refractivity contribution in [2.45, 2.75) is 68.9 Å². The molecule has 0 radical (unpaired) electrons. The lowest BCUT2D eigenvalue weighted by Gasteiger charge is -2.53. The largest absolute Gasteiger partial charge is 0.340 e. The molecule has 112 valence electrons. The molecule has 4 nitrogen and oxygen atoms in total. The van der Waals surface area contributed by atoms with Gasteiger partial charge in [-0.25, -0.2) is 4.39 Å². The molecule has 3 aliphatic rings. The second-order valence-electron chi connectivity index (χ2n) is 6.48. The maximum Gasteiger partial charge on any atom is 0.249 e. The molecular weight excluding hydrogens is 259 g/mol. The Morgan fingerprint density at radius 2 is 1.60 bits per heavy atom. The van der Waals surface area contributed by atoms with Crippen molar-refractivity contribution in [3.05, 3.63) is 0 Å². The highest BCUT2D eigenvalue weighted by atomic mass is 19.1. The summed E-state index contributed by atoms with van der Waals surface area (Å²) in [6, 6.07) is 0. The number of nitrogens with one attached hydrogen (secondary N) is 1. The molecule has 3 rings (SSSR count). The lowest BCUT2D eigenvalue weighted by molar-refractivity contribution is -0.166. The van der Waals surface area contributed by atoms with Crippen LogP contribution in [-0.2, 0) is 9.59 Å². The van der Waals surface area contributed by atoms with Crippen LogP contribution < -0.4 is 5.32 Å². The number of nitrogens with zero attached hydrogens (tertiary/aromatic N) is 1. The zero-order valence-corrected chi connectivity index (χ0v) is 11.9. The van der Waals surface area contributed by atoms with Crippen molar-refractivity contribution in [1.82, 2.24) is 10.2 Å². The van der Waals surface area contributed by atoms with E-state index in [1.807, 2.05) is 0 Å². The Labute approximate surface area is 119 Å². The van der Waals surface area contributed by atoms with E-state index in [0.717, 1.165) is 32.1 Å². The molecule has 1 N–H and O–H groups in total. The van der Waals surface area contributed by atoms with Gasteiger partial charge in [0.15, 0.2) is 0 Å². The van der Waals surface area contributed by atoms with Crippen LogP contribution in [0.25, 0.3) is 0 Å². The van der Waals surface area contributed by atoms with Crippen LogP contribution in [0.4, 0.5) is 4.39 Å². The number of rotatable bonds is 2. The number of hydrogen-bond acceptors (Lipinski definition) is 2. The summed E-state index contributed by atoms with van der Waals surface area (Å²) >= 11 is 0. The fraction of sp³-hybridized carbons (Fsp3) is 0.867. The average Bonchev–Trinajstić information content (AvgIpc) is 2.93. The predicted octanol–water partition coefficient (Wildman–Crippen LogP) is 1.93. The van der Waals surface area contributed by atoms with E-state index in [1.54, 1.807) is 4.90 Å². The van der Waals surface area contributed by atoms with Crippen LogP contribution >= 0.6 is 0 Å². The molecule has 2 spiro atoms. The Balaban J connectivity index is 1.95. The quantitative estimate of drug-likeness (QED) is 0.841. The summed E-state index contributed by atoms with van der Waals surface area (Å²) in [6.07, 6.45) is 7.67. The third kappa shape index (κ3) is 1.85. The minimum Gasteiger partial charge on any atom is -0.340 e. The Kier molecular flexibility index (Phi) is 3.46. The van der Waals surface area contributed by atoms with Crippen molar-refractivity contribution in [2.24, 2.45) is 0 Å². The molecule has 0 atom stereocenters. The minimum atomic E-state index is -0.769. The van der Waals surface area contributed by atoms with E-state index < -0.39 is 17.8 Å². The van der Waals surface area contributed by atoms with E-state index in [-0.39, 0.29) is 18.4 Å². The van der Waals surface area contributed by atoms with Crippen LogP contribution in [0.2, 0.25) is 0 Å². The first kappa shape index (κ1) is 13.8. The van der Waals surface area contributed by atoms with E-state index >= 15 is 0 Å². The summed E-state index contributed by atoms with van der Waals surface area (Å²) in [6.45, 7) is -0.509. The van der Waals surface area contributed by atoms with Gasteiger partial charge in [-0.3, -0.25) is 9.59 Å². The number of carbonyl (C=O) groups excluding carboxylic acids is 2. The van der Waals surface area contributed by atoms with Gasteiger partial charge < -0.3 is 10.2 Å². The van der Waals surface area contributed by atoms with Crippen molar-refractivity contribution in [3.63, 3.8) is 0 Å². The molecule has 3 fully saturated rings. The molecule has 2 saturated carbocycles. The fourth-order valence-electron chi connectivity index (χ4n) is 4.31.